The molecule has 0 saturated carbocycles. The van der Waals surface area contributed by atoms with E-state index in [2.05, 4.69) is 15.5 Å². The second kappa shape index (κ2) is 5.83. The van der Waals surface area contributed by atoms with Gasteiger partial charge in [0.1, 0.15) is 17.4 Å². The fraction of sp³-hybridized carbons (Fsp3) is 0.357. The zero-order valence-corrected chi connectivity index (χ0v) is 11.6. The Labute approximate surface area is 116 Å². The number of hydrogen-bond donors (Lipinski definition) is 2. The highest BCUT2D eigenvalue weighted by Crippen LogP contribution is 2.28. The molecule has 0 fully saturated rings. The molecular weight excluding hydrogens is 258 g/mol. The number of hydrogen-bond acceptors (Lipinski definition) is 5. The van der Waals surface area contributed by atoms with E-state index in [1.165, 1.54) is 6.92 Å². The van der Waals surface area contributed by atoms with Gasteiger partial charge in [-0.05, 0) is 32.9 Å². The van der Waals surface area contributed by atoms with Crippen molar-refractivity contribution in [2.24, 2.45) is 0 Å². The van der Waals surface area contributed by atoms with Gasteiger partial charge >= 0.3 is 0 Å². The normalized spacial score (nSPS) is 12.4. The van der Waals surface area contributed by atoms with Gasteiger partial charge < -0.3 is 14.9 Å². The van der Waals surface area contributed by atoms with Crippen LogP contribution in [0, 0.1) is 0 Å². The molecule has 20 heavy (non-hydrogen) atoms. The number of aromatic nitrogens is 2. The first-order chi connectivity index (χ1) is 9.50. The summed E-state index contributed by atoms with van der Waals surface area (Å²) in [6.45, 7) is 5.24. The molecule has 0 bridgehead atoms. The lowest BCUT2D eigenvalue weighted by Crippen LogP contribution is -2.31. The molecule has 6 nitrogen and oxygen atoms in total. The van der Waals surface area contributed by atoms with Crippen LogP contribution in [-0.2, 0) is 0 Å². The van der Waals surface area contributed by atoms with Gasteiger partial charge in [0.15, 0.2) is 5.76 Å². The molecular formula is C14H17N3O3. The maximum Gasteiger partial charge on any atom is 0.257 e. The van der Waals surface area contributed by atoms with E-state index < -0.39 is 6.10 Å². The van der Waals surface area contributed by atoms with Crippen molar-refractivity contribution < 1.29 is 14.4 Å². The van der Waals surface area contributed by atoms with Gasteiger partial charge in [-0.3, -0.25) is 9.78 Å². The largest absolute Gasteiger partial charge is 0.385 e. The van der Waals surface area contributed by atoms with Crippen LogP contribution in [0.25, 0.3) is 11.3 Å². The molecule has 0 aliphatic rings. The molecule has 2 aromatic rings. The van der Waals surface area contributed by atoms with E-state index in [0.717, 1.165) is 0 Å². The van der Waals surface area contributed by atoms with Gasteiger partial charge in [0.05, 0.1) is 0 Å². The summed E-state index contributed by atoms with van der Waals surface area (Å²) in [6, 6.07) is 3.50. The van der Waals surface area contributed by atoms with Crippen LogP contribution in [-0.4, -0.2) is 27.2 Å². The van der Waals surface area contributed by atoms with Gasteiger partial charge in [0.25, 0.3) is 5.91 Å². The molecule has 0 saturated heterocycles. The van der Waals surface area contributed by atoms with Gasteiger partial charge in [0.2, 0.25) is 0 Å². The number of carbonyl (C=O) groups excluding carboxylic acids is 1. The monoisotopic (exact) mass is 275 g/mol. The second-order valence-electron chi connectivity index (χ2n) is 4.82. The highest BCUT2D eigenvalue weighted by atomic mass is 16.5. The van der Waals surface area contributed by atoms with Crippen molar-refractivity contribution in [3.05, 3.63) is 35.9 Å². The fourth-order valence-corrected chi connectivity index (χ4v) is 1.84. The topological polar surface area (TPSA) is 88.3 Å². The van der Waals surface area contributed by atoms with Crippen molar-refractivity contribution in [2.75, 3.05) is 0 Å². The molecule has 6 heteroatoms. The molecule has 2 aromatic heterocycles. The Bertz CT molecular complexity index is 591. The van der Waals surface area contributed by atoms with Crippen LogP contribution in [0.15, 0.2) is 29.0 Å². The Morgan fingerprint density at radius 2 is 2.15 bits per heavy atom. The predicted octanol–water partition coefficient (Wildman–Crippen LogP) is 1.93. The van der Waals surface area contributed by atoms with Gasteiger partial charge in [-0.1, -0.05) is 5.16 Å². The van der Waals surface area contributed by atoms with Crippen LogP contribution in [0.5, 0.6) is 0 Å². The smallest absolute Gasteiger partial charge is 0.257 e. The van der Waals surface area contributed by atoms with Crippen molar-refractivity contribution in [1.82, 2.24) is 15.5 Å². The summed E-state index contributed by atoms with van der Waals surface area (Å²) < 4.78 is 5.13. The van der Waals surface area contributed by atoms with Crippen molar-refractivity contribution in [3.63, 3.8) is 0 Å². The molecule has 2 N–H and O–H groups in total. The lowest BCUT2D eigenvalue weighted by Gasteiger charge is -2.10. The summed E-state index contributed by atoms with van der Waals surface area (Å²) in [7, 11) is 0. The van der Waals surface area contributed by atoms with Crippen LogP contribution in [0.4, 0.5) is 0 Å². The maximum absolute atomic E-state index is 12.3. The van der Waals surface area contributed by atoms with Crippen LogP contribution < -0.4 is 5.32 Å². The molecule has 2 heterocycles. The molecule has 1 unspecified atom stereocenters. The number of amides is 1. The number of nitrogens with zero attached hydrogens (tertiary/aromatic N) is 2. The van der Waals surface area contributed by atoms with Gasteiger partial charge in [0, 0.05) is 24.0 Å². The zero-order valence-electron chi connectivity index (χ0n) is 11.6. The Balaban J connectivity index is 2.51. The van der Waals surface area contributed by atoms with Gasteiger partial charge in [-0.15, -0.1) is 0 Å². The first-order valence-electron chi connectivity index (χ1n) is 6.39. The number of rotatable bonds is 4. The Hall–Kier alpha value is -2.21. The molecule has 0 spiro atoms. The van der Waals surface area contributed by atoms with Crippen molar-refractivity contribution in [2.45, 2.75) is 32.9 Å². The average molecular weight is 275 g/mol. The molecule has 2 rings (SSSR count). The van der Waals surface area contributed by atoms with E-state index >= 15 is 0 Å². The number of carbonyl (C=O) groups is 1. The molecule has 106 valence electrons. The summed E-state index contributed by atoms with van der Waals surface area (Å²) >= 11 is 0. The second-order valence-corrected chi connectivity index (χ2v) is 4.82. The minimum absolute atomic E-state index is 0.0269. The summed E-state index contributed by atoms with van der Waals surface area (Å²) in [5, 5.41) is 16.4. The van der Waals surface area contributed by atoms with Crippen LogP contribution in [0.3, 0.4) is 0 Å². The van der Waals surface area contributed by atoms with Gasteiger partial charge in [-0.2, -0.15) is 0 Å². The van der Waals surface area contributed by atoms with E-state index in [4.69, 9.17) is 4.52 Å². The number of aliphatic hydroxyl groups excluding tert-OH is 1. The molecule has 1 atom stereocenters. The number of aliphatic hydroxyl groups is 1. The van der Waals surface area contributed by atoms with Crippen molar-refractivity contribution in [1.29, 1.82) is 0 Å². The summed E-state index contributed by atoms with van der Waals surface area (Å²) in [4.78, 5) is 16.3. The molecule has 0 aliphatic heterocycles. The summed E-state index contributed by atoms with van der Waals surface area (Å²) in [5.74, 6) is -0.169. The minimum atomic E-state index is -0.916. The van der Waals surface area contributed by atoms with E-state index in [1.54, 1.807) is 24.5 Å². The highest BCUT2D eigenvalue weighted by molar-refractivity contribution is 6.01. The Kier molecular flexibility index (Phi) is 4.14. The van der Waals surface area contributed by atoms with Crippen LogP contribution >= 0.6 is 0 Å². The fourth-order valence-electron chi connectivity index (χ4n) is 1.84. The lowest BCUT2D eigenvalue weighted by molar-refractivity contribution is 0.0930. The van der Waals surface area contributed by atoms with E-state index in [1.807, 2.05) is 13.8 Å². The SMILES string of the molecule is CC(C)NC(=O)c1c(-c2cccnc2)noc1C(C)O. The summed E-state index contributed by atoms with van der Waals surface area (Å²) in [5.41, 5.74) is 1.30. The first kappa shape index (κ1) is 14.2. The van der Waals surface area contributed by atoms with Gasteiger partial charge in [-0.25, -0.2) is 0 Å². The van der Waals surface area contributed by atoms with Crippen molar-refractivity contribution in [3.8, 4) is 11.3 Å². The quantitative estimate of drug-likeness (QED) is 0.890. The Morgan fingerprint density at radius 3 is 2.70 bits per heavy atom. The third-order valence-electron chi connectivity index (χ3n) is 2.68. The zero-order chi connectivity index (χ0) is 14.7. The molecule has 0 aliphatic carbocycles. The molecule has 1 amide bonds. The third-order valence-corrected chi connectivity index (χ3v) is 2.68. The Morgan fingerprint density at radius 1 is 1.40 bits per heavy atom. The van der Waals surface area contributed by atoms with Crippen LogP contribution in [0.2, 0.25) is 0 Å². The summed E-state index contributed by atoms with van der Waals surface area (Å²) in [6.07, 6.45) is 2.31. The molecule has 0 radical (unpaired) electrons. The minimum Gasteiger partial charge on any atom is -0.385 e. The first-order valence-corrected chi connectivity index (χ1v) is 6.39. The standard InChI is InChI=1S/C14H17N3O3/c1-8(2)16-14(19)11-12(10-5-4-6-15-7-10)17-20-13(11)9(3)18/h4-9,18H,1-3H3,(H,16,19). The van der Waals surface area contributed by atoms with E-state index in [9.17, 15) is 9.90 Å². The number of pyridine rings is 1. The maximum atomic E-state index is 12.3. The third kappa shape index (κ3) is 2.85. The number of nitrogens with one attached hydrogen (secondary N) is 1. The highest BCUT2D eigenvalue weighted by Gasteiger charge is 2.26. The van der Waals surface area contributed by atoms with Crippen molar-refractivity contribution >= 4 is 5.91 Å². The van der Waals surface area contributed by atoms with E-state index in [-0.39, 0.29) is 23.3 Å². The lowest BCUT2D eigenvalue weighted by atomic mass is 10.0. The predicted molar refractivity (Wildman–Crippen MR) is 73.0 cm³/mol. The molecule has 0 aromatic carbocycles. The average Bonchev–Trinajstić information content (AvgIpc) is 2.83. The van der Waals surface area contributed by atoms with E-state index in [0.29, 0.717) is 11.3 Å². The van der Waals surface area contributed by atoms with Crippen LogP contribution in [0.1, 0.15) is 43.0 Å².